The summed E-state index contributed by atoms with van der Waals surface area (Å²) in [6.07, 6.45) is 9.66. The van der Waals surface area contributed by atoms with Crippen molar-refractivity contribution in [3.8, 4) is 0 Å². The molecule has 6 nitrogen and oxygen atoms in total. The maximum atomic E-state index is 11.9. The van der Waals surface area contributed by atoms with Gasteiger partial charge < -0.3 is 4.57 Å². The molecule has 0 unspecified atom stereocenters. The van der Waals surface area contributed by atoms with Gasteiger partial charge in [0.2, 0.25) is 15.0 Å². The van der Waals surface area contributed by atoms with Gasteiger partial charge >= 0.3 is 0 Å². The molecule has 7 heteroatoms. The molecule has 0 aliphatic heterocycles. The topological polar surface area (TPSA) is 81.9 Å². The minimum Gasteiger partial charge on any atom is -0.329 e. The molecule has 112 valence electrons. The second-order valence-corrected chi connectivity index (χ2v) is 7.45. The van der Waals surface area contributed by atoms with Crippen LogP contribution in [0.1, 0.15) is 38.1 Å². The summed E-state index contributed by atoms with van der Waals surface area (Å²) in [7, 11) is -3.49. The highest BCUT2D eigenvalue weighted by atomic mass is 32.2. The van der Waals surface area contributed by atoms with Gasteiger partial charge in [-0.1, -0.05) is 19.3 Å². The third kappa shape index (κ3) is 2.70. The number of sulfone groups is 1. The van der Waals surface area contributed by atoms with Gasteiger partial charge in [-0.05, 0) is 12.8 Å². The van der Waals surface area contributed by atoms with Crippen molar-refractivity contribution in [2.75, 3.05) is 6.26 Å². The highest BCUT2D eigenvalue weighted by Gasteiger charge is 2.19. The van der Waals surface area contributed by atoms with Gasteiger partial charge in [0.1, 0.15) is 5.65 Å². The van der Waals surface area contributed by atoms with E-state index in [9.17, 15) is 13.2 Å². The van der Waals surface area contributed by atoms with Crippen LogP contribution in [0.3, 0.4) is 0 Å². The predicted octanol–water partition coefficient (Wildman–Crippen LogP) is 1.70. The summed E-state index contributed by atoms with van der Waals surface area (Å²) in [5, 5.41) is 0.139. The van der Waals surface area contributed by atoms with E-state index in [1.54, 1.807) is 6.20 Å². The van der Waals surface area contributed by atoms with E-state index in [1.807, 2.05) is 4.57 Å². The zero-order chi connectivity index (χ0) is 15.0. The fourth-order valence-corrected chi connectivity index (χ4v) is 3.37. The molecule has 0 aromatic carbocycles. The van der Waals surface area contributed by atoms with Crippen LogP contribution in [0.5, 0.6) is 0 Å². The Hall–Kier alpha value is -1.76. The Kier molecular flexibility index (Phi) is 3.52. The molecular weight excluding hydrogens is 290 g/mol. The van der Waals surface area contributed by atoms with E-state index in [2.05, 4.69) is 9.97 Å². The molecule has 3 rings (SSSR count). The standard InChI is InChI=1S/C14H17N3O3S/c1-21(19,20)14-15-9-11-12(18)7-8-17(13(11)16-14)10-5-3-2-4-6-10/h7-10H,2-6H2,1H3. The number of rotatable bonds is 2. The van der Waals surface area contributed by atoms with Crippen molar-refractivity contribution in [2.45, 2.75) is 43.3 Å². The molecule has 0 atom stereocenters. The second kappa shape index (κ2) is 5.22. The summed E-state index contributed by atoms with van der Waals surface area (Å²) in [5.41, 5.74) is 0.238. The first-order valence-corrected chi connectivity index (χ1v) is 8.94. The average molecular weight is 307 g/mol. The molecule has 2 heterocycles. The molecule has 1 fully saturated rings. The van der Waals surface area contributed by atoms with Crippen molar-refractivity contribution < 1.29 is 8.42 Å². The van der Waals surface area contributed by atoms with Crippen molar-refractivity contribution in [3.63, 3.8) is 0 Å². The van der Waals surface area contributed by atoms with Crippen molar-refractivity contribution in [3.05, 3.63) is 28.7 Å². The Morgan fingerprint density at radius 2 is 1.95 bits per heavy atom. The minimum atomic E-state index is -3.49. The molecule has 0 saturated heterocycles. The minimum absolute atomic E-state index is 0.183. The van der Waals surface area contributed by atoms with Crippen LogP contribution in [0.2, 0.25) is 0 Å². The fraction of sp³-hybridized carbons (Fsp3) is 0.500. The van der Waals surface area contributed by atoms with Crippen molar-refractivity contribution in [2.24, 2.45) is 0 Å². The number of pyridine rings is 1. The lowest BCUT2D eigenvalue weighted by atomic mass is 9.95. The Balaban J connectivity index is 2.24. The lowest BCUT2D eigenvalue weighted by Gasteiger charge is -2.25. The molecular formula is C14H17N3O3S. The molecule has 1 aliphatic carbocycles. The van der Waals surface area contributed by atoms with Crippen LogP contribution in [-0.4, -0.2) is 29.2 Å². The lowest BCUT2D eigenvalue weighted by molar-refractivity contribution is 0.358. The Morgan fingerprint density at radius 1 is 1.24 bits per heavy atom. The van der Waals surface area contributed by atoms with Gasteiger partial charge in [-0.3, -0.25) is 4.79 Å². The Labute approximate surface area is 122 Å². The average Bonchev–Trinajstić information content (AvgIpc) is 2.47. The van der Waals surface area contributed by atoms with Crippen LogP contribution in [0.15, 0.2) is 28.4 Å². The molecule has 0 amide bonds. The first kappa shape index (κ1) is 14.2. The second-order valence-electron chi connectivity index (χ2n) is 5.54. The largest absolute Gasteiger partial charge is 0.329 e. The van der Waals surface area contributed by atoms with Crippen LogP contribution < -0.4 is 5.43 Å². The molecule has 1 saturated carbocycles. The molecule has 2 aromatic rings. The molecule has 2 aromatic heterocycles. The van der Waals surface area contributed by atoms with Crippen LogP contribution in [0.4, 0.5) is 0 Å². The highest BCUT2D eigenvalue weighted by molar-refractivity contribution is 7.90. The van der Waals surface area contributed by atoms with Gasteiger partial charge in [0.25, 0.3) is 0 Å². The zero-order valence-electron chi connectivity index (χ0n) is 11.8. The summed E-state index contributed by atoms with van der Waals surface area (Å²) >= 11 is 0. The van der Waals surface area contributed by atoms with E-state index in [-0.39, 0.29) is 16.6 Å². The fourth-order valence-electron chi connectivity index (χ4n) is 2.87. The molecule has 21 heavy (non-hydrogen) atoms. The normalized spacial score (nSPS) is 17.2. The monoisotopic (exact) mass is 307 g/mol. The van der Waals surface area contributed by atoms with E-state index in [0.717, 1.165) is 31.9 Å². The Bertz CT molecular complexity index is 836. The summed E-state index contributed by atoms with van der Waals surface area (Å²) in [4.78, 5) is 19.9. The molecule has 1 aliphatic rings. The van der Waals surface area contributed by atoms with Gasteiger partial charge in [-0.15, -0.1) is 0 Å². The number of hydrogen-bond donors (Lipinski definition) is 0. The van der Waals surface area contributed by atoms with E-state index in [1.165, 1.54) is 18.7 Å². The zero-order valence-corrected chi connectivity index (χ0v) is 12.6. The third-order valence-corrected chi connectivity index (χ3v) is 4.80. The third-order valence-electron chi connectivity index (χ3n) is 3.94. The summed E-state index contributed by atoms with van der Waals surface area (Å²) in [6.45, 7) is 0. The van der Waals surface area contributed by atoms with Crippen LogP contribution >= 0.6 is 0 Å². The molecule has 0 bridgehead atoms. The quantitative estimate of drug-likeness (QED) is 0.789. The smallest absolute Gasteiger partial charge is 0.248 e. The van der Waals surface area contributed by atoms with Gasteiger partial charge in [-0.2, -0.15) is 4.98 Å². The van der Waals surface area contributed by atoms with E-state index in [0.29, 0.717) is 11.0 Å². The van der Waals surface area contributed by atoms with Gasteiger partial charge in [0, 0.05) is 30.8 Å². The number of fused-ring (bicyclic) bond motifs is 1. The SMILES string of the molecule is CS(=O)(=O)c1ncc2c(=O)ccn(C3CCCCC3)c2n1. The first-order chi connectivity index (χ1) is 9.97. The number of aromatic nitrogens is 3. The summed E-state index contributed by atoms with van der Waals surface area (Å²) in [5.74, 6) is 0. The predicted molar refractivity (Wildman–Crippen MR) is 79.0 cm³/mol. The van der Waals surface area contributed by atoms with Crippen LogP contribution in [0, 0.1) is 0 Å². The lowest BCUT2D eigenvalue weighted by Crippen LogP contribution is -2.18. The molecule has 0 radical (unpaired) electrons. The molecule has 0 spiro atoms. The van der Waals surface area contributed by atoms with Crippen molar-refractivity contribution >= 4 is 20.9 Å². The van der Waals surface area contributed by atoms with Gasteiger partial charge in [-0.25, -0.2) is 13.4 Å². The van der Waals surface area contributed by atoms with E-state index < -0.39 is 9.84 Å². The summed E-state index contributed by atoms with van der Waals surface area (Å²) < 4.78 is 25.2. The first-order valence-electron chi connectivity index (χ1n) is 7.05. The summed E-state index contributed by atoms with van der Waals surface area (Å²) in [6, 6.07) is 1.77. The molecule has 0 N–H and O–H groups in total. The van der Waals surface area contributed by atoms with E-state index in [4.69, 9.17) is 0 Å². The number of nitrogens with zero attached hydrogens (tertiary/aromatic N) is 3. The number of hydrogen-bond acceptors (Lipinski definition) is 5. The van der Waals surface area contributed by atoms with Crippen molar-refractivity contribution in [1.82, 2.24) is 14.5 Å². The van der Waals surface area contributed by atoms with Crippen LogP contribution in [-0.2, 0) is 9.84 Å². The van der Waals surface area contributed by atoms with Gasteiger partial charge in [0.15, 0.2) is 5.43 Å². The van der Waals surface area contributed by atoms with E-state index >= 15 is 0 Å². The van der Waals surface area contributed by atoms with Gasteiger partial charge in [0.05, 0.1) is 5.39 Å². The Morgan fingerprint density at radius 3 is 2.62 bits per heavy atom. The van der Waals surface area contributed by atoms with Crippen molar-refractivity contribution in [1.29, 1.82) is 0 Å². The maximum Gasteiger partial charge on any atom is 0.248 e. The van der Waals surface area contributed by atoms with Crippen LogP contribution in [0.25, 0.3) is 11.0 Å². The highest BCUT2D eigenvalue weighted by Crippen LogP contribution is 2.29. The maximum absolute atomic E-state index is 11.9.